The zero-order valence-electron chi connectivity index (χ0n) is 11.8. The van der Waals surface area contributed by atoms with Crippen molar-refractivity contribution in [2.75, 3.05) is 6.54 Å². The van der Waals surface area contributed by atoms with Crippen LogP contribution in [0.3, 0.4) is 0 Å². The molecule has 0 saturated carbocycles. The fraction of sp³-hybridized carbons (Fsp3) is 0.571. The van der Waals surface area contributed by atoms with Gasteiger partial charge in [0.2, 0.25) is 10.0 Å². The van der Waals surface area contributed by atoms with Gasteiger partial charge in [0.1, 0.15) is 16.5 Å². The Kier molecular flexibility index (Phi) is 5.38. The number of nitrogens with zero attached hydrogens (tertiary/aromatic N) is 1. The van der Waals surface area contributed by atoms with E-state index in [0.29, 0.717) is 19.0 Å². The summed E-state index contributed by atoms with van der Waals surface area (Å²) in [5, 5.41) is 0. The first kappa shape index (κ1) is 16.8. The van der Waals surface area contributed by atoms with Crippen LogP contribution in [0, 0.1) is 11.6 Å². The van der Waals surface area contributed by atoms with Crippen molar-refractivity contribution < 1.29 is 17.2 Å². The minimum atomic E-state index is -3.98. The maximum Gasteiger partial charge on any atom is 0.247 e. The number of hydrogen-bond donors (Lipinski definition) is 0. The van der Waals surface area contributed by atoms with Gasteiger partial charge < -0.3 is 0 Å². The molecule has 2 rings (SSSR count). The normalized spacial score (nSPS) is 21.2. The fourth-order valence-electron chi connectivity index (χ4n) is 2.77. The molecule has 7 heteroatoms. The average molecular weight is 382 g/mol. The van der Waals surface area contributed by atoms with Crippen LogP contribution in [0.1, 0.15) is 39.0 Å². The van der Waals surface area contributed by atoms with Crippen molar-refractivity contribution in [2.45, 2.75) is 50.0 Å². The summed E-state index contributed by atoms with van der Waals surface area (Å²) >= 11 is 2.98. The molecule has 0 spiro atoms. The van der Waals surface area contributed by atoms with E-state index in [9.17, 15) is 17.2 Å². The maximum absolute atomic E-state index is 14.0. The second-order valence-corrected chi connectivity index (χ2v) is 7.91. The van der Waals surface area contributed by atoms with Crippen molar-refractivity contribution in [3.8, 4) is 0 Å². The van der Waals surface area contributed by atoms with Gasteiger partial charge >= 0.3 is 0 Å². The summed E-state index contributed by atoms with van der Waals surface area (Å²) in [6, 6.07) is 1.46. The summed E-state index contributed by atoms with van der Waals surface area (Å²) in [5.74, 6) is -1.86. The molecule has 3 nitrogen and oxygen atoms in total. The molecule has 1 saturated heterocycles. The number of benzene rings is 1. The predicted molar refractivity (Wildman–Crippen MR) is 80.5 cm³/mol. The van der Waals surface area contributed by atoms with E-state index in [1.165, 1.54) is 4.31 Å². The summed E-state index contributed by atoms with van der Waals surface area (Å²) in [6.07, 6.45) is 4.15. The largest absolute Gasteiger partial charge is 0.247 e. The Morgan fingerprint density at radius 3 is 2.62 bits per heavy atom. The Morgan fingerprint density at radius 1 is 1.29 bits per heavy atom. The van der Waals surface area contributed by atoms with Gasteiger partial charge in [-0.2, -0.15) is 4.31 Å². The zero-order chi connectivity index (χ0) is 15.6. The van der Waals surface area contributed by atoms with Crippen molar-refractivity contribution in [2.24, 2.45) is 0 Å². The van der Waals surface area contributed by atoms with Gasteiger partial charge in [0, 0.05) is 23.1 Å². The Labute approximate surface area is 132 Å². The quantitative estimate of drug-likeness (QED) is 0.791. The molecule has 1 aromatic rings. The highest BCUT2D eigenvalue weighted by molar-refractivity contribution is 9.10. The SMILES string of the molecule is CCC1CCCCCN1S(=O)(=O)c1c(F)cc(F)cc1Br. The molecule has 1 aliphatic heterocycles. The maximum atomic E-state index is 14.0. The Balaban J connectivity index is 2.50. The number of sulfonamides is 1. The molecule has 21 heavy (non-hydrogen) atoms. The fourth-order valence-corrected chi connectivity index (χ4v) is 5.65. The summed E-state index contributed by atoms with van der Waals surface area (Å²) < 4.78 is 54.1. The van der Waals surface area contributed by atoms with E-state index in [1.807, 2.05) is 6.92 Å². The van der Waals surface area contributed by atoms with Crippen molar-refractivity contribution in [3.05, 3.63) is 28.2 Å². The first-order valence-corrected chi connectivity index (χ1v) is 9.27. The van der Waals surface area contributed by atoms with Gasteiger partial charge in [-0.1, -0.05) is 19.8 Å². The lowest BCUT2D eigenvalue weighted by Gasteiger charge is -2.28. The highest BCUT2D eigenvalue weighted by Crippen LogP contribution is 2.32. The topological polar surface area (TPSA) is 37.4 Å². The standard InChI is InChI=1S/C14H18BrF2NO2S/c1-2-11-6-4-3-5-7-18(11)21(19,20)14-12(15)8-10(16)9-13(14)17/h8-9,11H,2-7H2,1H3. The van der Waals surface area contributed by atoms with Crippen LogP contribution in [0.15, 0.2) is 21.5 Å². The van der Waals surface area contributed by atoms with Crippen LogP contribution >= 0.6 is 15.9 Å². The lowest BCUT2D eigenvalue weighted by Crippen LogP contribution is -2.40. The van der Waals surface area contributed by atoms with E-state index in [4.69, 9.17) is 0 Å². The highest BCUT2D eigenvalue weighted by atomic mass is 79.9. The van der Waals surface area contributed by atoms with Crippen LogP contribution in [0.5, 0.6) is 0 Å². The molecule has 1 aliphatic rings. The third-order valence-electron chi connectivity index (χ3n) is 3.82. The van der Waals surface area contributed by atoms with Crippen molar-refractivity contribution in [1.29, 1.82) is 0 Å². The molecular weight excluding hydrogens is 364 g/mol. The molecule has 0 bridgehead atoms. The van der Waals surface area contributed by atoms with Gasteiger partial charge in [-0.15, -0.1) is 0 Å². The zero-order valence-corrected chi connectivity index (χ0v) is 14.2. The van der Waals surface area contributed by atoms with E-state index in [0.717, 1.165) is 31.7 Å². The van der Waals surface area contributed by atoms with Crippen molar-refractivity contribution in [1.82, 2.24) is 4.31 Å². The average Bonchev–Trinajstić information content (AvgIpc) is 2.62. The monoisotopic (exact) mass is 381 g/mol. The molecule has 1 aromatic carbocycles. The van der Waals surface area contributed by atoms with E-state index < -0.39 is 26.6 Å². The van der Waals surface area contributed by atoms with Crippen LogP contribution in [-0.4, -0.2) is 25.3 Å². The molecule has 1 fully saturated rings. The molecule has 0 N–H and O–H groups in total. The summed E-state index contributed by atoms with van der Waals surface area (Å²) in [5.41, 5.74) is 0. The van der Waals surface area contributed by atoms with E-state index >= 15 is 0 Å². The van der Waals surface area contributed by atoms with Gasteiger partial charge in [-0.3, -0.25) is 0 Å². The summed E-state index contributed by atoms with van der Waals surface area (Å²) in [7, 11) is -3.98. The van der Waals surface area contributed by atoms with Gasteiger partial charge in [0.25, 0.3) is 0 Å². The Morgan fingerprint density at radius 2 is 2.00 bits per heavy atom. The van der Waals surface area contributed by atoms with E-state index in [1.54, 1.807) is 0 Å². The summed E-state index contributed by atoms with van der Waals surface area (Å²) in [4.78, 5) is -0.468. The lowest BCUT2D eigenvalue weighted by atomic mass is 10.1. The number of hydrogen-bond acceptors (Lipinski definition) is 2. The lowest BCUT2D eigenvalue weighted by molar-refractivity contribution is 0.313. The van der Waals surface area contributed by atoms with Crippen LogP contribution in [0.25, 0.3) is 0 Å². The van der Waals surface area contributed by atoms with Crippen LogP contribution < -0.4 is 0 Å². The van der Waals surface area contributed by atoms with Crippen molar-refractivity contribution >= 4 is 26.0 Å². The van der Waals surface area contributed by atoms with Crippen LogP contribution in [-0.2, 0) is 10.0 Å². The minimum Gasteiger partial charge on any atom is -0.207 e. The molecule has 0 amide bonds. The highest BCUT2D eigenvalue weighted by Gasteiger charge is 2.35. The molecule has 0 radical (unpaired) electrons. The molecular formula is C14H18BrF2NO2S. The summed E-state index contributed by atoms with van der Waals surface area (Å²) in [6.45, 7) is 2.30. The van der Waals surface area contributed by atoms with Gasteiger partial charge in [0.15, 0.2) is 0 Å². The molecule has 0 aliphatic carbocycles. The smallest absolute Gasteiger partial charge is 0.207 e. The first-order chi connectivity index (χ1) is 9.87. The number of rotatable bonds is 3. The predicted octanol–water partition coefficient (Wildman–Crippen LogP) is 4.07. The molecule has 1 heterocycles. The second-order valence-electron chi connectivity index (χ2n) is 5.23. The van der Waals surface area contributed by atoms with Gasteiger partial charge in [-0.05, 0) is 41.3 Å². The van der Waals surface area contributed by atoms with Gasteiger partial charge in [0.05, 0.1) is 0 Å². The van der Waals surface area contributed by atoms with Crippen LogP contribution in [0.4, 0.5) is 8.78 Å². The third-order valence-corrected chi connectivity index (χ3v) is 6.74. The molecule has 0 aromatic heterocycles. The third kappa shape index (κ3) is 3.46. The van der Waals surface area contributed by atoms with Crippen molar-refractivity contribution in [3.63, 3.8) is 0 Å². The molecule has 1 unspecified atom stereocenters. The first-order valence-electron chi connectivity index (χ1n) is 7.04. The second kappa shape index (κ2) is 6.71. The van der Waals surface area contributed by atoms with Crippen LogP contribution in [0.2, 0.25) is 0 Å². The van der Waals surface area contributed by atoms with E-state index in [-0.39, 0.29) is 10.5 Å². The van der Waals surface area contributed by atoms with Gasteiger partial charge in [-0.25, -0.2) is 17.2 Å². The molecule has 118 valence electrons. The minimum absolute atomic E-state index is 0.0703. The molecule has 1 atom stereocenters. The Hall–Kier alpha value is -0.530. The van der Waals surface area contributed by atoms with E-state index in [2.05, 4.69) is 15.9 Å². The Bertz CT molecular complexity index is 598. The number of halogens is 3.